The molecule has 7 nitrogen and oxygen atoms in total. The lowest BCUT2D eigenvalue weighted by atomic mass is 9.62. The Morgan fingerprint density at radius 2 is 2.06 bits per heavy atom. The van der Waals surface area contributed by atoms with Crippen LogP contribution < -0.4 is 10.2 Å². The van der Waals surface area contributed by atoms with Crippen LogP contribution in [0.2, 0.25) is 0 Å². The maximum atomic E-state index is 12.6. The third-order valence-electron chi connectivity index (χ3n) is 8.26. The number of allylic oxidation sites excluding steroid dienone is 2. The minimum absolute atomic E-state index is 0.0374. The van der Waals surface area contributed by atoms with Crippen LogP contribution in [0.15, 0.2) is 29.2 Å². The molecule has 5 aliphatic rings. The molecule has 3 aliphatic heterocycles. The molecule has 0 bridgehead atoms. The molecule has 2 N–H and O–H groups in total. The van der Waals surface area contributed by atoms with Gasteiger partial charge in [0.2, 0.25) is 5.95 Å². The molecule has 1 aromatic heterocycles. The Labute approximate surface area is 185 Å². The fourth-order valence-electron chi connectivity index (χ4n) is 5.79. The first-order chi connectivity index (χ1) is 15.0. The predicted octanol–water partition coefficient (Wildman–Crippen LogP) is 2.19. The molecule has 0 radical (unpaired) electrons. The SMILES string of the molecule is CC12C=CC=CC1COC21CCN(c2nc3c(c(NC4(CO)CC4)n2)S(=O)CC3)CC1. The van der Waals surface area contributed by atoms with Crippen molar-refractivity contribution >= 4 is 22.6 Å². The maximum absolute atomic E-state index is 12.6. The molecule has 3 atom stereocenters. The molecule has 3 unspecified atom stereocenters. The Balaban J connectivity index is 1.27. The van der Waals surface area contributed by atoms with Gasteiger partial charge in [-0.1, -0.05) is 31.2 Å². The third-order valence-corrected chi connectivity index (χ3v) is 9.72. The van der Waals surface area contributed by atoms with Crippen LogP contribution in [-0.2, 0) is 22.0 Å². The van der Waals surface area contributed by atoms with Gasteiger partial charge in [0.1, 0.15) is 10.7 Å². The fourth-order valence-corrected chi connectivity index (χ4v) is 7.09. The van der Waals surface area contributed by atoms with Crippen molar-refractivity contribution in [3.8, 4) is 0 Å². The quantitative estimate of drug-likeness (QED) is 0.739. The van der Waals surface area contributed by atoms with E-state index >= 15 is 0 Å². The number of rotatable bonds is 4. The smallest absolute Gasteiger partial charge is 0.227 e. The van der Waals surface area contributed by atoms with E-state index in [1.807, 2.05) is 0 Å². The van der Waals surface area contributed by atoms with E-state index in [9.17, 15) is 9.32 Å². The topological polar surface area (TPSA) is 87.6 Å². The zero-order chi connectivity index (χ0) is 21.3. The summed E-state index contributed by atoms with van der Waals surface area (Å²) >= 11 is 0. The molecule has 1 saturated carbocycles. The van der Waals surface area contributed by atoms with E-state index in [2.05, 4.69) is 41.4 Å². The number of aromatic nitrogens is 2. The first-order valence-corrected chi connectivity index (χ1v) is 12.7. The van der Waals surface area contributed by atoms with Gasteiger partial charge in [0.15, 0.2) is 0 Å². The second-order valence-corrected chi connectivity index (χ2v) is 11.4. The average Bonchev–Trinajstić information content (AvgIpc) is 3.38. The summed E-state index contributed by atoms with van der Waals surface area (Å²) in [5.41, 5.74) is 0.490. The summed E-state index contributed by atoms with van der Waals surface area (Å²) in [6.45, 7) is 4.88. The zero-order valence-corrected chi connectivity index (χ0v) is 18.8. The predicted molar refractivity (Wildman–Crippen MR) is 120 cm³/mol. The highest BCUT2D eigenvalue weighted by molar-refractivity contribution is 7.85. The number of ether oxygens (including phenoxy) is 1. The molecule has 3 fully saturated rings. The fraction of sp³-hybridized carbons (Fsp3) is 0.652. The van der Waals surface area contributed by atoms with Crippen LogP contribution in [0.5, 0.6) is 0 Å². The van der Waals surface area contributed by atoms with Crippen molar-refractivity contribution in [2.45, 2.75) is 55.1 Å². The summed E-state index contributed by atoms with van der Waals surface area (Å²) in [7, 11) is -1.07. The van der Waals surface area contributed by atoms with Crippen molar-refractivity contribution in [2.75, 3.05) is 42.3 Å². The van der Waals surface area contributed by atoms with Crippen LogP contribution in [-0.4, -0.2) is 62.5 Å². The van der Waals surface area contributed by atoms with E-state index in [-0.39, 0.29) is 23.2 Å². The van der Waals surface area contributed by atoms with Crippen molar-refractivity contribution in [3.63, 3.8) is 0 Å². The van der Waals surface area contributed by atoms with Gasteiger partial charge in [-0.25, -0.2) is 4.98 Å². The summed E-state index contributed by atoms with van der Waals surface area (Å²) in [5, 5.41) is 13.2. The van der Waals surface area contributed by atoms with Gasteiger partial charge in [-0.05, 0) is 25.7 Å². The molecular weight excluding hydrogens is 412 g/mol. The molecule has 8 heteroatoms. The first-order valence-electron chi connectivity index (χ1n) is 11.4. The highest BCUT2D eigenvalue weighted by Gasteiger charge is 2.57. The molecule has 6 rings (SSSR count). The summed E-state index contributed by atoms with van der Waals surface area (Å²) in [5.74, 6) is 2.42. The Morgan fingerprint density at radius 3 is 2.81 bits per heavy atom. The van der Waals surface area contributed by atoms with Crippen molar-refractivity contribution in [2.24, 2.45) is 11.3 Å². The summed E-state index contributed by atoms with van der Waals surface area (Å²) in [4.78, 5) is 12.7. The van der Waals surface area contributed by atoms with Gasteiger partial charge in [-0.15, -0.1) is 0 Å². The highest BCUT2D eigenvalue weighted by atomic mass is 32.2. The van der Waals surface area contributed by atoms with Crippen molar-refractivity contribution < 1.29 is 14.1 Å². The molecule has 0 aromatic carbocycles. The van der Waals surface area contributed by atoms with E-state index in [1.165, 1.54) is 0 Å². The van der Waals surface area contributed by atoms with Crippen LogP contribution in [0.3, 0.4) is 0 Å². The van der Waals surface area contributed by atoms with E-state index < -0.39 is 10.8 Å². The number of nitrogens with one attached hydrogen (secondary N) is 1. The zero-order valence-electron chi connectivity index (χ0n) is 18.0. The van der Waals surface area contributed by atoms with E-state index in [0.29, 0.717) is 23.4 Å². The monoisotopic (exact) mass is 442 g/mol. The number of aliphatic hydroxyl groups excluding tert-OH is 1. The van der Waals surface area contributed by atoms with Gasteiger partial charge in [0.25, 0.3) is 0 Å². The molecule has 31 heavy (non-hydrogen) atoms. The van der Waals surface area contributed by atoms with Crippen molar-refractivity contribution in [1.29, 1.82) is 0 Å². The van der Waals surface area contributed by atoms with Crippen LogP contribution in [0.1, 0.15) is 38.3 Å². The third kappa shape index (κ3) is 2.94. The van der Waals surface area contributed by atoms with Crippen molar-refractivity contribution in [1.82, 2.24) is 9.97 Å². The van der Waals surface area contributed by atoms with Crippen LogP contribution >= 0.6 is 0 Å². The van der Waals surface area contributed by atoms with Gasteiger partial charge in [-0.2, -0.15) is 4.98 Å². The second-order valence-electron chi connectivity index (χ2n) is 9.94. The largest absolute Gasteiger partial charge is 0.394 e. The molecule has 2 aliphatic carbocycles. The summed E-state index contributed by atoms with van der Waals surface area (Å²) < 4.78 is 19.1. The second kappa shape index (κ2) is 6.86. The van der Waals surface area contributed by atoms with Crippen molar-refractivity contribution in [3.05, 3.63) is 30.0 Å². The molecule has 2 saturated heterocycles. The molecule has 1 aromatic rings. The van der Waals surface area contributed by atoms with Gasteiger partial charge in [0, 0.05) is 36.6 Å². The van der Waals surface area contributed by atoms with Gasteiger partial charge in [-0.3, -0.25) is 4.21 Å². The lowest BCUT2D eigenvalue weighted by molar-refractivity contribution is -0.0594. The maximum Gasteiger partial charge on any atom is 0.227 e. The minimum atomic E-state index is -1.07. The van der Waals surface area contributed by atoms with E-state index in [0.717, 1.165) is 62.4 Å². The number of aliphatic hydroxyl groups is 1. The number of aryl methyl sites for hydroxylation is 1. The molecule has 4 heterocycles. The number of piperidine rings is 1. The Hall–Kier alpha value is -1.77. The number of hydrogen-bond donors (Lipinski definition) is 2. The van der Waals surface area contributed by atoms with Crippen LogP contribution in [0, 0.1) is 11.3 Å². The summed E-state index contributed by atoms with van der Waals surface area (Å²) in [6.07, 6.45) is 13.4. The van der Waals surface area contributed by atoms with Crippen LogP contribution in [0.4, 0.5) is 11.8 Å². The van der Waals surface area contributed by atoms with Gasteiger partial charge >= 0.3 is 0 Å². The first kappa shape index (κ1) is 19.9. The number of anilines is 2. The number of hydrogen-bond acceptors (Lipinski definition) is 7. The number of fused-ring (bicyclic) bond motifs is 3. The molecule has 166 valence electrons. The van der Waals surface area contributed by atoms with Crippen LogP contribution in [0.25, 0.3) is 0 Å². The Morgan fingerprint density at radius 1 is 1.26 bits per heavy atom. The molecular formula is C23H30N4O3S. The summed E-state index contributed by atoms with van der Waals surface area (Å²) in [6, 6.07) is 0. The van der Waals surface area contributed by atoms with E-state index in [4.69, 9.17) is 14.7 Å². The van der Waals surface area contributed by atoms with E-state index in [1.54, 1.807) is 0 Å². The highest BCUT2D eigenvalue weighted by Crippen LogP contribution is 2.55. The average molecular weight is 443 g/mol. The van der Waals surface area contributed by atoms with Gasteiger partial charge < -0.3 is 20.1 Å². The minimum Gasteiger partial charge on any atom is -0.394 e. The normalized spacial score (nSPS) is 34.1. The lowest BCUT2D eigenvalue weighted by Gasteiger charge is -2.48. The van der Waals surface area contributed by atoms with Gasteiger partial charge in [0.05, 0.1) is 40.8 Å². The molecule has 0 amide bonds. The lowest BCUT2D eigenvalue weighted by Crippen LogP contribution is -2.53. The Kier molecular flexibility index (Phi) is 4.40. The Bertz CT molecular complexity index is 997. The standard InChI is InChI=1S/C23H30N4O3S/c1-21-6-3-2-4-16(21)14-30-23(21)9-11-27(12-10-23)20-24-17-5-13-31(29)18(17)19(25-20)26-22(15-28)7-8-22/h2-4,6,16,28H,5,7-15H2,1H3,(H,24,25,26). The number of nitrogens with zero attached hydrogens (tertiary/aromatic N) is 3. The molecule has 1 spiro atoms.